The third-order valence-electron chi connectivity index (χ3n) is 2.99. The van der Waals surface area contributed by atoms with Crippen molar-refractivity contribution in [2.75, 3.05) is 6.54 Å². The minimum absolute atomic E-state index is 0.275. The van der Waals surface area contributed by atoms with Crippen LogP contribution in [0.2, 0.25) is 0 Å². The minimum atomic E-state index is -0.275. The van der Waals surface area contributed by atoms with Gasteiger partial charge in [0, 0.05) is 0 Å². The largest absolute Gasteiger partial charge is 0.379 e. The van der Waals surface area contributed by atoms with Crippen molar-refractivity contribution in [2.45, 2.75) is 84.3 Å². The molecule has 2 N–H and O–H groups in total. The van der Waals surface area contributed by atoms with Crippen LogP contribution >= 0.6 is 0 Å². The van der Waals surface area contributed by atoms with Gasteiger partial charge in [0.2, 0.25) is 0 Å². The van der Waals surface area contributed by atoms with E-state index >= 15 is 0 Å². The Bertz CT molecular complexity index is 114. The van der Waals surface area contributed by atoms with Gasteiger partial charge in [0.1, 0.15) is 6.23 Å². The van der Waals surface area contributed by atoms with Crippen LogP contribution in [0.5, 0.6) is 0 Å². The van der Waals surface area contributed by atoms with E-state index in [-0.39, 0.29) is 6.23 Å². The molecule has 0 rings (SSSR count). The molecule has 16 heavy (non-hydrogen) atoms. The molecule has 98 valence electrons. The highest BCUT2D eigenvalue weighted by Crippen LogP contribution is 2.06. The normalized spacial score (nSPS) is 12.9. The van der Waals surface area contributed by atoms with Crippen molar-refractivity contribution in [2.24, 2.45) is 0 Å². The standard InChI is InChI=1S/C14H31NO/c1-3-5-7-9-10-12-14(16)15-13-11-8-6-4-2/h14-16H,3-13H2,1-2H3. The Labute approximate surface area is 102 Å². The molecule has 0 aromatic heterocycles. The zero-order valence-corrected chi connectivity index (χ0v) is 11.3. The summed E-state index contributed by atoms with van der Waals surface area (Å²) in [6.07, 6.45) is 12.1. The zero-order chi connectivity index (χ0) is 12.1. The molecular weight excluding hydrogens is 198 g/mol. The lowest BCUT2D eigenvalue weighted by atomic mass is 10.1. The van der Waals surface area contributed by atoms with Gasteiger partial charge in [0.25, 0.3) is 0 Å². The summed E-state index contributed by atoms with van der Waals surface area (Å²) in [6, 6.07) is 0. The summed E-state index contributed by atoms with van der Waals surface area (Å²) in [7, 11) is 0. The first kappa shape index (κ1) is 15.9. The number of unbranched alkanes of at least 4 members (excludes halogenated alkanes) is 7. The molecule has 0 aromatic rings. The second kappa shape index (κ2) is 13.0. The summed E-state index contributed by atoms with van der Waals surface area (Å²) in [4.78, 5) is 0. The number of aliphatic hydroxyl groups excluding tert-OH is 1. The van der Waals surface area contributed by atoms with E-state index in [1.807, 2.05) is 0 Å². The molecule has 0 aliphatic carbocycles. The van der Waals surface area contributed by atoms with Crippen molar-refractivity contribution in [3.63, 3.8) is 0 Å². The molecule has 0 amide bonds. The van der Waals surface area contributed by atoms with Gasteiger partial charge in [-0.2, -0.15) is 0 Å². The van der Waals surface area contributed by atoms with Crippen LogP contribution in [0, 0.1) is 0 Å². The molecule has 0 radical (unpaired) electrons. The number of nitrogens with one attached hydrogen (secondary N) is 1. The lowest BCUT2D eigenvalue weighted by Crippen LogP contribution is -2.29. The highest BCUT2D eigenvalue weighted by molar-refractivity contribution is 4.55. The molecule has 1 unspecified atom stereocenters. The Kier molecular flexibility index (Phi) is 12.9. The van der Waals surface area contributed by atoms with Gasteiger partial charge >= 0.3 is 0 Å². The van der Waals surface area contributed by atoms with Gasteiger partial charge in [-0.05, 0) is 25.8 Å². The molecule has 0 fully saturated rings. The second-order valence-electron chi connectivity index (χ2n) is 4.73. The fraction of sp³-hybridized carbons (Fsp3) is 1.00. The predicted molar refractivity (Wildman–Crippen MR) is 71.5 cm³/mol. The van der Waals surface area contributed by atoms with E-state index in [4.69, 9.17) is 0 Å². The van der Waals surface area contributed by atoms with Crippen LogP contribution in [0.4, 0.5) is 0 Å². The average molecular weight is 229 g/mol. The van der Waals surface area contributed by atoms with Crippen molar-refractivity contribution < 1.29 is 5.11 Å². The zero-order valence-electron chi connectivity index (χ0n) is 11.3. The molecule has 0 aromatic carbocycles. The van der Waals surface area contributed by atoms with E-state index in [9.17, 15) is 5.11 Å². The van der Waals surface area contributed by atoms with Gasteiger partial charge in [-0.1, -0.05) is 58.8 Å². The molecular formula is C14H31NO. The summed E-state index contributed by atoms with van der Waals surface area (Å²) >= 11 is 0. The molecule has 0 heterocycles. The lowest BCUT2D eigenvalue weighted by Gasteiger charge is -2.12. The summed E-state index contributed by atoms with van der Waals surface area (Å²) in [5.41, 5.74) is 0. The molecule has 0 aliphatic rings. The fourth-order valence-corrected chi connectivity index (χ4v) is 1.86. The van der Waals surface area contributed by atoms with E-state index in [0.29, 0.717) is 0 Å². The Morgan fingerprint density at radius 3 is 2.00 bits per heavy atom. The topological polar surface area (TPSA) is 32.3 Å². The van der Waals surface area contributed by atoms with Gasteiger partial charge in [-0.3, -0.25) is 5.32 Å². The molecule has 0 spiro atoms. The van der Waals surface area contributed by atoms with Crippen molar-refractivity contribution in [1.29, 1.82) is 0 Å². The number of aliphatic hydroxyl groups is 1. The SMILES string of the molecule is CCCCCCCC(O)NCCCCCC. The second-order valence-corrected chi connectivity index (χ2v) is 4.73. The molecule has 0 bridgehead atoms. The fourth-order valence-electron chi connectivity index (χ4n) is 1.86. The Hall–Kier alpha value is -0.0800. The van der Waals surface area contributed by atoms with Crippen LogP contribution in [0.3, 0.4) is 0 Å². The minimum Gasteiger partial charge on any atom is -0.379 e. The first-order valence-electron chi connectivity index (χ1n) is 7.22. The maximum Gasteiger partial charge on any atom is 0.104 e. The van der Waals surface area contributed by atoms with Crippen LogP contribution in [-0.2, 0) is 0 Å². The van der Waals surface area contributed by atoms with Crippen LogP contribution in [0.25, 0.3) is 0 Å². The number of hydrogen-bond acceptors (Lipinski definition) is 2. The van der Waals surface area contributed by atoms with Gasteiger partial charge in [0.05, 0.1) is 0 Å². The van der Waals surface area contributed by atoms with E-state index in [1.165, 1.54) is 51.4 Å². The third kappa shape index (κ3) is 12.0. The van der Waals surface area contributed by atoms with Gasteiger partial charge in [-0.25, -0.2) is 0 Å². The van der Waals surface area contributed by atoms with Crippen LogP contribution in [0.1, 0.15) is 78.1 Å². The monoisotopic (exact) mass is 229 g/mol. The maximum atomic E-state index is 9.65. The average Bonchev–Trinajstić information content (AvgIpc) is 2.28. The van der Waals surface area contributed by atoms with Gasteiger partial charge in [0.15, 0.2) is 0 Å². The molecule has 2 nitrogen and oxygen atoms in total. The first-order valence-corrected chi connectivity index (χ1v) is 7.22. The van der Waals surface area contributed by atoms with E-state index < -0.39 is 0 Å². The Morgan fingerprint density at radius 2 is 1.38 bits per heavy atom. The predicted octanol–water partition coefficient (Wildman–Crippen LogP) is 3.84. The quantitative estimate of drug-likeness (QED) is 0.394. The van der Waals surface area contributed by atoms with Crippen molar-refractivity contribution in [1.82, 2.24) is 5.32 Å². The molecule has 2 heteroatoms. The van der Waals surface area contributed by atoms with E-state index in [2.05, 4.69) is 19.2 Å². The number of hydrogen-bond donors (Lipinski definition) is 2. The maximum absolute atomic E-state index is 9.65. The molecule has 0 saturated carbocycles. The van der Waals surface area contributed by atoms with Crippen molar-refractivity contribution >= 4 is 0 Å². The van der Waals surface area contributed by atoms with Crippen LogP contribution in [0.15, 0.2) is 0 Å². The molecule has 0 saturated heterocycles. The summed E-state index contributed by atoms with van der Waals surface area (Å²) in [5, 5.41) is 12.8. The van der Waals surface area contributed by atoms with Crippen molar-refractivity contribution in [3.8, 4) is 0 Å². The van der Waals surface area contributed by atoms with Crippen LogP contribution < -0.4 is 5.32 Å². The lowest BCUT2D eigenvalue weighted by molar-refractivity contribution is 0.124. The van der Waals surface area contributed by atoms with E-state index in [1.54, 1.807) is 0 Å². The number of rotatable bonds is 12. The Balaban J connectivity index is 3.09. The smallest absolute Gasteiger partial charge is 0.104 e. The highest BCUT2D eigenvalue weighted by atomic mass is 16.3. The van der Waals surface area contributed by atoms with Gasteiger partial charge in [-0.15, -0.1) is 0 Å². The Morgan fingerprint density at radius 1 is 0.812 bits per heavy atom. The van der Waals surface area contributed by atoms with E-state index in [0.717, 1.165) is 19.4 Å². The summed E-state index contributed by atoms with van der Waals surface area (Å²) in [5.74, 6) is 0. The summed E-state index contributed by atoms with van der Waals surface area (Å²) in [6.45, 7) is 5.42. The third-order valence-corrected chi connectivity index (χ3v) is 2.99. The van der Waals surface area contributed by atoms with Gasteiger partial charge < -0.3 is 5.11 Å². The molecule has 1 atom stereocenters. The molecule has 0 aliphatic heterocycles. The van der Waals surface area contributed by atoms with Crippen molar-refractivity contribution in [3.05, 3.63) is 0 Å². The van der Waals surface area contributed by atoms with Crippen LogP contribution in [-0.4, -0.2) is 17.9 Å². The summed E-state index contributed by atoms with van der Waals surface area (Å²) < 4.78 is 0. The highest BCUT2D eigenvalue weighted by Gasteiger charge is 2.01. The first-order chi connectivity index (χ1) is 7.81.